The summed E-state index contributed by atoms with van der Waals surface area (Å²) < 4.78 is 18.2. The highest BCUT2D eigenvalue weighted by atomic mass is 19.1. The van der Waals surface area contributed by atoms with Gasteiger partial charge in [-0.3, -0.25) is 9.89 Å². The van der Waals surface area contributed by atoms with Gasteiger partial charge in [0.05, 0.1) is 24.0 Å². The van der Waals surface area contributed by atoms with E-state index in [1.165, 1.54) is 12.1 Å². The molecular weight excluding hydrogens is 297 g/mol. The zero-order valence-corrected chi connectivity index (χ0v) is 12.4. The minimum absolute atomic E-state index is 0.0881. The summed E-state index contributed by atoms with van der Waals surface area (Å²) in [6, 6.07) is 11.4. The topological polar surface area (TPSA) is 67.0 Å². The zero-order chi connectivity index (χ0) is 16.1. The van der Waals surface area contributed by atoms with E-state index in [4.69, 9.17) is 4.74 Å². The van der Waals surface area contributed by atoms with Crippen LogP contribution in [0, 0.1) is 5.82 Å². The molecule has 0 bridgehead atoms. The number of ether oxygens (including phenoxy) is 1. The number of anilines is 1. The maximum atomic E-state index is 12.8. The van der Waals surface area contributed by atoms with Gasteiger partial charge in [0.1, 0.15) is 11.6 Å². The summed E-state index contributed by atoms with van der Waals surface area (Å²) in [6.45, 7) is 0.396. The van der Waals surface area contributed by atoms with Crippen LogP contribution in [0.15, 0.2) is 48.7 Å². The molecule has 1 aromatic heterocycles. The lowest BCUT2D eigenvalue weighted by Gasteiger charge is -2.07. The van der Waals surface area contributed by atoms with Crippen LogP contribution in [-0.4, -0.2) is 22.7 Å². The van der Waals surface area contributed by atoms with Crippen molar-refractivity contribution < 1.29 is 13.9 Å². The lowest BCUT2D eigenvalue weighted by Crippen LogP contribution is -2.13. The van der Waals surface area contributed by atoms with Crippen molar-refractivity contribution in [2.75, 3.05) is 11.9 Å². The van der Waals surface area contributed by atoms with Crippen LogP contribution in [0.1, 0.15) is 12.8 Å². The summed E-state index contributed by atoms with van der Waals surface area (Å²) in [5.41, 5.74) is 1.52. The number of carbonyl (C=O) groups is 1. The Morgan fingerprint density at radius 2 is 2.04 bits per heavy atom. The van der Waals surface area contributed by atoms with Crippen LogP contribution < -0.4 is 10.1 Å². The van der Waals surface area contributed by atoms with Gasteiger partial charge in [-0.1, -0.05) is 12.1 Å². The van der Waals surface area contributed by atoms with Gasteiger partial charge in [0.15, 0.2) is 0 Å². The number of nitrogens with one attached hydrogen (secondary N) is 2. The molecule has 5 nitrogen and oxygen atoms in total. The van der Waals surface area contributed by atoms with Crippen molar-refractivity contribution >= 4 is 22.5 Å². The third-order valence-corrected chi connectivity index (χ3v) is 3.38. The van der Waals surface area contributed by atoms with Crippen molar-refractivity contribution in [1.29, 1.82) is 0 Å². The van der Waals surface area contributed by atoms with Crippen molar-refractivity contribution in [3.63, 3.8) is 0 Å². The number of benzene rings is 2. The second-order valence-corrected chi connectivity index (χ2v) is 5.09. The van der Waals surface area contributed by atoms with E-state index in [1.54, 1.807) is 18.3 Å². The van der Waals surface area contributed by atoms with E-state index in [2.05, 4.69) is 15.5 Å². The number of aromatic nitrogens is 2. The van der Waals surface area contributed by atoms with E-state index in [0.717, 1.165) is 10.9 Å². The highest BCUT2D eigenvalue weighted by Crippen LogP contribution is 2.20. The lowest BCUT2D eigenvalue weighted by molar-refractivity contribution is -0.116. The van der Waals surface area contributed by atoms with E-state index in [0.29, 0.717) is 30.9 Å². The standard InChI is InChI=1S/C17H16FN3O2/c18-13-6-8-14(9-7-13)23-10-2-5-16(22)20-15-4-1-3-12-11-19-21-17(12)15/h1,3-4,6-9,11H,2,5,10H2,(H,19,21)(H,20,22). The van der Waals surface area contributed by atoms with E-state index in [9.17, 15) is 9.18 Å². The van der Waals surface area contributed by atoms with Gasteiger partial charge in [-0.2, -0.15) is 5.10 Å². The molecule has 6 heteroatoms. The first-order chi connectivity index (χ1) is 11.2. The predicted octanol–water partition coefficient (Wildman–Crippen LogP) is 3.50. The molecule has 0 fully saturated rings. The Balaban J connectivity index is 1.46. The number of carbonyl (C=O) groups excluding carboxylic acids is 1. The summed E-state index contributed by atoms with van der Waals surface area (Å²) >= 11 is 0. The van der Waals surface area contributed by atoms with Crippen LogP contribution >= 0.6 is 0 Å². The van der Waals surface area contributed by atoms with E-state index in [-0.39, 0.29) is 11.7 Å². The highest BCUT2D eigenvalue weighted by Gasteiger charge is 2.07. The molecule has 0 aliphatic heterocycles. The Hall–Kier alpha value is -2.89. The first-order valence-corrected chi connectivity index (χ1v) is 7.33. The number of aromatic amines is 1. The zero-order valence-electron chi connectivity index (χ0n) is 12.4. The first kappa shape index (κ1) is 15.0. The smallest absolute Gasteiger partial charge is 0.224 e. The van der Waals surface area contributed by atoms with Gasteiger partial charge in [0.2, 0.25) is 5.91 Å². The summed E-state index contributed by atoms with van der Waals surface area (Å²) in [5, 5.41) is 10.6. The van der Waals surface area contributed by atoms with Gasteiger partial charge < -0.3 is 10.1 Å². The molecule has 0 aliphatic rings. The van der Waals surface area contributed by atoms with Gasteiger partial charge in [-0.15, -0.1) is 0 Å². The molecule has 1 amide bonds. The Morgan fingerprint density at radius 1 is 1.22 bits per heavy atom. The van der Waals surface area contributed by atoms with Crippen LogP contribution in [0.3, 0.4) is 0 Å². The Morgan fingerprint density at radius 3 is 2.87 bits per heavy atom. The van der Waals surface area contributed by atoms with Gasteiger partial charge in [0.25, 0.3) is 0 Å². The van der Waals surface area contributed by atoms with E-state index in [1.807, 2.05) is 18.2 Å². The minimum atomic E-state index is -0.301. The van der Waals surface area contributed by atoms with Crippen LogP contribution in [0.2, 0.25) is 0 Å². The van der Waals surface area contributed by atoms with Gasteiger partial charge in [-0.25, -0.2) is 4.39 Å². The minimum Gasteiger partial charge on any atom is -0.494 e. The summed E-state index contributed by atoms with van der Waals surface area (Å²) in [7, 11) is 0. The van der Waals surface area contributed by atoms with Crippen molar-refractivity contribution in [3.05, 3.63) is 54.5 Å². The molecule has 0 spiro atoms. The molecule has 3 aromatic rings. The number of H-pyrrole nitrogens is 1. The largest absolute Gasteiger partial charge is 0.494 e. The van der Waals surface area contributed by atoms with Gasteiger partial charge >= 0.3 is 0 Å². The normalized spacial score (nSPS) is 10.7. The SMILES string of the molecule is O=C(CCCOc1ccc(F)cc1)Nc1cccc2cn[nH]c12. The number of nitrogens with zero attached hydrogens (tertiary/aromatic N) is 1. The molecule has 2 N–H and O–H groups in total. The molecule has 0 saturated carbocycles. The number of para-hydroxylation sites is 1. The second kappa shape index (κ2) is 6.91. The number of fused-ring (bicyclic) bond motifs is 1. The summed E-state index contributed by atoms with van der Waals surface area (Å²) in [4.78, 5) is 12.0. The highest BCUT2D eigenvalue weighted by molar-refractivity contribution is 6.00. The van der Waals surface area contributed by atoms with E-state index < -0.39 is 0 Å². The average molecular weight is 313 g/mol. The molecule has 0 saturated heterocycles. The number of amides is 1. The number of rotatable bonds is 6. The van der Waals surface area contributed by atoms with Gasteiger partial charge in [0, 0.05) is 11.8 Å². The van der Waals surface area contributed by atoms with Crippen molar-refractivity contribution in [1.82, 2.24) is 10.2 Å². The fourth-order valence-corrected chi connectivity index (χ4v) is 2.24. The molecule has 0 atom stereocenters. The Labute approximate surface area is 132 Å². The summed E-state index contributed by atoms with van der Waals surface area (Å²) in [5.74, 6) is 0.202. The average Bonchev–Trinajstić information content (AvgIpc) is 3.03. The van der Waals surface area contributed by atoms with Crippen LogP contribution in [0.25, 0.3) is 10.9 Å². The third-order valence-electron chi connectivity index (χ3n) is 3.38. The van der Waals surface area contributed by atoms with Crippen LogP contribution in [-0.2, 0) is 4.79 Å². The predicted molar refractivity (Wildman–Crippen MR) is 85.9 cm³/mol. The maximum Gasteiger partial charge on any atom is 0.224 e. The molecule has 0 aliphatic carbocycles. The Kier molecular flexibility index (Phi) is 4.52. The molecule has 0 radical (unpaired) electrons. The van der Waals surface area contributed by atoms with Crippen molar-refractivity contribution in [2.45, 2.75) is 12.8 Å². The quantitative estimate of drug-likeness (QED) is 0.684. The molecule has 0 unspecified atom stereocenters. The maximum absolute atomic E-state index is 12.8. The number of halogens is 1. The second-order valence-electron chi connectivity index (χ2n) is 5.09. The Bertz CT molecular complexity index is 799. The number of hydrogen-bond acceptors (Lipinski definition) is 3. The lowest BCUT2D eigenvalue weighted by atomic mass is 10.2. The van der Waals surface area contributed by atoms with Crippen molar-refractivity contribution in [3.8, 4) is 5.75 Å². The summed E-state index contributed by atoms with van der Waals surface area (Å²) in [6.07, 6.45) is 2.62. The van der Waals surface area contributed by atoms with Crippen molar-refractivity contribution in [2.24, 2.45) is 0 Å². The molecule has 23 heavy (non-hydrogen) atoms. The van der Waals surface area contributed by atoms with Crippen LogP contribution in [0.4, 0.5) is 10.1 Å². The molecule has 1 heterocycles. The van der Waals surface area contributed by atoms with E-state index >= 15 is 0 Å². The first-order valence-electron chi connectivity index (χ1n) is 7.33. The molecule has 3 rings (SSSR count). The fraction of sp³-hybridized carbons (Fsp3) is 0.176. The monoisotopic (exact) mass is 313 g/mol. The number of hydrogen-bond donors (Lipinski definition) is 2. The molecule has 2 aromatic carbocycles. The fourth-order valence-electron chi connectivity index (χ4n) is 2.24. The van der Waals surface area contributed by atoms with Crippen LogP contribution in [0.5, 0.6) is 5.75 Å². The molecule has 118 valence electrons. The third kappa shape index (κ3) is 3.85. The molecular formula is C17H16FN3O2. The van der Waals surface area contributed by atoms with Gasteiger partial charge in [-0.05, 0) is 36.8 Å².